The lowest BCUT2D eigenvalue weighted by Crippen LogP contribution is -2.26. The van der Waals surface area contributed by atoms with Crippen LogP contribution in [0.5, 0.6) is 5.75 Å². The van der Waals surface area contributed by atoms with Crippen molar-refractivity contribution in [2.45, 2.75) is 32.9 Å². The van der Waals surface area contributed by atoms with Gasteiger partial charge in [0.1, 0.15) is 11.5 Å². The fraction of sp³-hybridized carbons (Fsp3) is 0.240. The van der Waals surface area contributed by atoms with E-state index in [1.54, 1.807) is 30.1 Å². The van der Waals surface area contributed by atoms with Gasteiger partial charge in [0.15, 0.2) is 17.4 Å². The van der Waals surface area contributed by atoms with Crippen molar-refractivity contribution < 1.29 is 14.3 Å². The topological polar surface area (TPSA) is 104 Å². The molecule has 2 heterocycles. The Hall–Kier alpha value is -3.85. The third-order valence-electron chi connectivity index (χ3n) is 5.44. The van der Waals surface area contributed by atoms with Gasteiger partial charge in [0, 0.05) is 13.6 Å². The van der Waals surface area contributed by atoms with Crippen LogP contribution in [0.15, 0.2) is 65.1 Å². The van der Waals surface area contributed by atoms with Crippen molar-refractivity contribution in [2.24, 2.45) is 0 Å². The molecule has 0 spiro atoms. The van der Waals surface area contributed by atoms with Gasteiger partial charge in [-0.15, -0.1) is 0 Å². The number of aromatic nitrogens is 2. The first kappa shape index (κ1) is 23.3. The quantitative estimate of drug-likeness (QED) is 0.265. The number of hydrogen-bond acceptors (Lipinski definition) is 8. The minimum absolute atomic E-state index is 0.0775. The first-order valence-electron chi connectivity index (χ1n) is 11.0. The van der Waals surface area contributed by atoms with E-state index >= 15 is 0 Å². The number of aromatic hydroxyl groups is 1. The van der Waals surface area contributed by atoms with Crippen LogP contribution in [0.1, 0.15) is 46.8 Å². The average Bonchev–Trinajstić information content (AvgIpc) is 3.47. The molecule has 4 rings (SSSR count). The Morgan fingerprint density at radius 1 is 1.09 bits per heavy atom. The van der Waals surface area contributed by atoms with E-state index < -0.39 is 0 Å². The Labute approximate surface area is 202 Å². The standard InChI is InChI=1S/C25H27N5O3S/c1-4-19(21-14-13-16(2)33-21)26-23-24(29-34-28-23)27-20-12-8-11-18(22(20)31)25(32)30(3)15-17-9-6-5-7-10-17/h5-14,19,31H,4,15H2,1-3H3,(H,26,28)(H,27,29)/t19-/m1/s1. The molecule has 0 unspecified atom stereocenters. The molecule has 8 nitrogen and oxygen atoms in total. The maximum atomic E-state index is 13.0. The summed E-state index contributed by atoms with van der Waals surface area (Å²) >= 11 is 1.05. The second-order valence-electron chi connectivity index (χ2n) is 7.99. The third-order valence-corrected chi connectivity index (χ3v) is 5.97. The number of amides is 1. The summed E-state index contributed by atoms with van der Waals surface area (Å²) in [5.41, 5.74) is 1.59. The van der Waals surface area contributed by atoms with Gasteiger partial charge in [-0.25, -0.2) is 0 Å². The number of phenols is 1. The van der Waals surface area contributed by atoms with Gasteiger partial charge in [0.25, 0.3) is 5.91 Å². The van der Waals surface area contributed by atoms with E-state index in [1.165, 1.54) is 0 Å². The fourth-order valence-corrected chi connectivity index (χ4v) is 4.10. The molecule has 2 aromatic heterocycles. The minimum atomic E-state index is -0.279. The fourth-order valence-electron chi connectivity index (χ4n) is 3.62. The molecule has 1 atom stereocenters. The summed E-state index contributed by atoms with van der Waals surface area (Å²) in [4.78, 5) is 14.6. The van der Waals surface area contributed by atoms with E-state index in [-0.39, 0.29) is 23.3 Å². The summed E-state index contributed by atoms with van der Waals surface area (Å²) in [6.45, 7) is 4.39. The van der Waals surface area contributed by atoms with Crippen LogP contribution in [0.4, 0.5) is 17.3 Å². The molecular weight excluding hydrogens is 450 g/mol. The van der Waals surface area contributed by atoms with Crippen LogP contribution in [-0.2, 0) is 6.54 Å². The molecule has 0 radical (unpaired) electrons. The number of nitrogens with one attached hydrogen (secondary N) is 2. The molecule has 9 heteroatoms. The predicted octanol–water partition coefficient (Wildman–Crippen LogP) is 5.72. The summed E-state index contributed by atoms with van der Waals surface area (Å²) in [6.07, 6.45) is 0.785. The number of benzene rings is 2. The molecule has 34 heavy (non-hydrogen) atoms. The lowest BCUT2D eigenvalue weighted by Gasteiger charge is -2.19. The zero-order valence-electron chi connectivity index (χ0n) is 19.3. The van der Waals surface area contributed by atoms with E-state index in [2.05, 4.69) is 26.3 Å². The largest absolute Gasteiger partial charge is 0.505 e. The second-order valence-corrected chi connectivity index (χ2v) is 8.52. The number of furan rings is 1. The van der Waals surface area contributed by atoms with Gasteiger partial charge in [0.2, 0.25) is 0 Å². The Kier molecular flexibility index (Phi) is 7.12. The molecule has 0 bridgehead atoms. The van der Waals surface area contributed by atoms with E-state index in [4.69, 9.17) is 4.42 Å². The molecule has 0 aliphatic heterocycles. The number of phenolic OH excluding ortho intramolecular Hbond substituents is 1. The van der Waals surface area contributed by atoms with Crippen molar-refractivity contribution in [2.75, 3.05) is 17.7 Å². The zero-order valence-corrected chi connectivity index (χ0v) is 20.1. The Balaban J connectivity index is 1.51. The summed E-state index contributed by atoms with van der Waals surface area (Å²) in [5.74, 6) is 2.25. The van der Waals surface area contributed by atoms with Gasteiger partial charge in [-0.2, -0.15) is 8.75 Å². The molecule has 3 N–H and O–H groups in total. The first-order chi connectivity index (χ1) is 16.5. The SMILES string of the molecule is CC[C@@H](Nc1nsnc1Nc1cccc(C(=O)N(C)Cc2ccccc2)c1O)c1ccc(C)o1. The highest BCUT2D eigenvalue weighted by atomic mass is 32.1. The summed E-state index contributed by atoms with van der Waals surface area (Å²) in [5, 5.41) is 17.3. The molecule has 1 amide bonds. The smallest absolute Gasteiger partial charge is 0.257 e. The highest BCUT2D eigenvalue weighted by Crippen LogP contribution is 2.34. The van der Waals surface area contributed by atoms with E-state index in [0.717, 1.165) is 35.2 Å². The molecule has 0 aliphatic rings. The lowest BCUT2D eigenvalue weighted by atomic mass is 10.1. The molecule has 2 aromatic carbocycles. The van der Waals surface area contributed by atoms with Gasteiger partial charge >= 0.3 is 0 Å². The number of nitrogens with zero attached hydrogens (tertiary/aromatic N) is 3. The van der Waals surface area contributed by atoms with E-state index in [9.17, 15) is 9.90 Å². The molecule has 0 aliphatic carbocycles. The normalized spacial score (nSPS) is 11.7. The molecule has 176 valence electrons. The highest BCUT2D eigenvalue weighted by molar-refractivity contribution is 6.99. The van der Waals surface area contributed by atoms with Gasteiger partial charge in [-0.05, 0) is 43.2 Å². The van der Waals surface area contributed by atoms with Crippen molar-refractivity contribution >= 4 is 35.0 Å². The van der Waals surface area contributed by atoms with Crippen molar-refractivity contribution in [3.63, 3.8) is 0 Å². The summed E-state index contributed by atoms with van der Waals surface area (Å²) in [7, 11) is 1.71. The number of rotatable bonds is 9. The first-order valence-corrected chi connectivity index (χ1v) is 11.7. The van der Waals surface area contributed by atoms with Crippen molar-refractivity contribution in [1.82, 2.24) is 13.6 Å². The predicted molar refractivity (Wildman–Crippen MR) is 134 cm³/mol. The van der Waals surface area contributed by atoms with E-state index in [1.807, 2.05) is 49.4 Å². The zero-order chi connectivity index (χ0) is 24.1. The number of carbonyl (C=O) groups excluding carboxylic acids is 1. The monoisotopic (exact) mass is 477 g/mol. The Morgan fingerprint density at radius 2 is 1.85 bits per heavy atom. The van der Waals surface area contributed by atoms with Crippen molar-refractivity contribution in [3.8, 4) is 5.75 Å². The number of anilines is 3. The van der Waals surface area contributed by atoms with Crippen LogP contribution in [0.3, 0.4) is 0 Å². The lowest BCUT2D eigenvalue weighted by molar-refractivity contribution is 0.0782. The van der Waals surface area contributed by atoms with Gasteiger partial charge in [0.05, 0.1) is 29.0 Å². The maximum Gasteiger partial charge on any atom is 0.257 e. The van der Waals surface area contributed by atoms with E-state index in [0.29, 0.717) is 23.9 Å². The number of para-hydroxylation sites is 1. The van der Waals surface area contributed by atoms with Gasteiger partial charge in [-0.1, -0.05) is 43.3 Å². The molecular formula is C25H27N5O3S. The van der Waals surface area contributed by atoms with Crippen LogP contribution >= 0.6 is 11.7 Å². The molecule has 0 saturated heterocycles. The van der Waals surface area contributed by atoms with Crippen LogP contribution in [-0.4, -0.2) is 31.7 Å². The third kappa shape index (κ3) is 5.20. The Morgan fingerprint density at radius 3 is 2.56 bits per heavy atom. The van der Waals surface area contributed by atoms with Gasteiger partial charge in [-0.3, -0.25) is 4.79 Å². The molecule has 4 aromatic rings. The average molecular weight is 478 g/mol. The van der Waals surface area contributed by atoms with Crippen LogP contribution in [0.2, 0.25) is 0 Å². The summed E-state index contributed by atoms with van der Waals surface area (Å²) < 4.78 is 14.4. The Bertz CT molecular complexity index is 1250. The number of aryl methyl sites for hydroxylation is 1. The summed E-state index contributed by atoms with van der Waals surface area (Å²) in [6, 6.07) is 18.5. The second kappa shape index (κ2) is 10.4. The van der Waals surface area contributed by atoms with Gasteiger partial charge < -0.3 is 25.1 Å². The minimum Gasteiger partial charge on any atom is -0.505 e. The number of hydrogen-bond donors (Lipinski definition) is 3. The molecule has 0 saturated carbocycles. The van der Waals surface area contributed by atoms with Crippen LogP contribution in [0.25, 0.3) is 0 Å². The van der Waals surface area contributed by atoms with Crippen LogP contribution < -0.4 is 10.6 Å². The number of carbonyl (C=O) groups is 1. The van der Waals surface area contributed by atoms with Crippen molar-refractivity contribution in [3.05, 3.63) is 83.3 Å². The molecule has 0 fully saturated rings. The maximum absolute atomic E-state index is 13.0. The highest BCUT2D eigenvalue weighted by Gasteiger charge is 2.21. The van der Waals surface area contributed by atoms with Crippen molar-refractivity contribution in [1.29, 1.82) is 0 Å². The van der Waals surface area contributed by atoms with Crippen LogP contribution in [0, 0.1) is 6.92 Å².